The molecule has 0 aliphatic heterocycles. The lowest BCUT2D eigenvalue weighted by Gasteiger charge is -2.13. The molecule has 0 saturated heterocycles. The van der Waals surface area contributed by atoms with Gasteiger partial charge in [0.25, 0.3) is 0 Å². The minimum Gasteiger partial charge on any atom is -0.383 e. The molecule has 1 aromatic heterocycles. The number of nitrogen functional groups attached to an aromatic ring is 2. The van der Waals surface area contributed by atoms with Gasteiger partial charge in [-0.3, -0.25) is 0 Å². The number of hydrogen-bond donors (Lipinski definition) is 2. The summed E-state index contributed by atoms with van der Waals surface area (Å²) in [5.41, 5.74) is 17.4. The Morgan fingerprint density at radius 2 is 1.25 bits per heavy atom. The van der Waals surface area contributed by atoms with Gasteiger partial charge in [0.05, 0.1) is 20.6 Å². The number of rotatable bonds is 8. The molecule has 0 radical (unpaired) electrons. The standard InChI is InChI=1S/C26H23Cl2FN4O2S/c27-21-13-10-19(15-22(21)28)24-23(32-26(31)33-25(24)30)14-9-17-4-1-16(2-5-17)3-6-18-7-11-20(12-8-18)36(29,34)35/h1-2,4-5,7-8,10-13,15H,3,6,9,14H2,(H4,30,31,32,33). The third-order valence-corrected chi connectivity index (χ3v) is 7.39. The van der Waals surface area contributed by atoms with E-state index in [4.69, 9.17) is 34.7 Å². The van der Waals surface area contributed by atoms with Gasteiger partial charge in [-0.1, -0.05) is 65.7 Å². The van der Waals surface area contributed by atoms with Crippen molar-refractivity contribution in [2.45, 2.75) is 30.6 Å². The summed E-state index contributed by atoms with van der Waals surface area (Å²) in [6, 6.07) is 19.3. The van der Waals surface area contributed by atoms with E-state index < -0.39 is 10.2 Å². The average molecular weight is 545 g/mol. The third kappa shape index (κ3) is 6.32. The Bertz CT molecular complexity index is 1500. The van der Waals surface area contributed by atoms with Crippen LogP contribution in [0.2, 0.25) is 10.0 Å². The molecule has 6 nitrogen and oxygen atoms in total. The predicted octanol–water partition coefficient (Wildman–Crippen LogP) is 5.84. The van der Waals surface area contributed by atoms with Crippen molar-refractivity contribution in [2.24, 2.45) is 0 Å². The normalized spacial score (nSPS) is 11.5. The zero-order valence-electron chi connectivity index (χ0n) is 19.1. The van der Waals surface area contributed by atoms with Gasteiger partial charge in [0, 0.05) is 5.56 Å². The number of halogens is 3. The Labute approximate surface area is 219 Å². The molecular weight excluding hydrogens is 522 g/mol. The van der Waals surface area contributed by atoms with Crippen LogP contribution in [0, 0.1) is 0 Å². The first-order valence-electron chi connectivity index (χ1n) is 11.1. The van der Waals surface area contributed by atoms with Gasteiger partial charge in [0.1, 0.15) is 5.82 Å². The van der Waals surface area contributed by atoms with Crippen LogP contribution in [0.15, 0.2) is 71.6 Å². The number of hydrogen-bond acceptors (Lipinski definition) is 6. The number of nitrogens with zero attached hydrogens (tertiary/aromatic N) is 2. The van der Waals surface area contributed by atoms with Crippen molar-refractivity contribution in [2.75, 3.05) is 11.5 Å². The highest BCUT2D eigenvalue weighted by atomic mass is 35.5. The number of aryl methyl sites for hydroxylation is 4. The van der Waals surface area contributed by atoms with Crippen LogP contribution in [0.5, 0.6) is 0 Å². The van der Waals surface area contributed by atoms with Crippen molar-refractivity contribution in [3.05, 3.63) is 99.2 Å². The molecule has 0 aliphatic carbocycles. The molecule has 0 bridgehead atoms. The quantitative estimate of drug-likeness (QED) is 0.269. The maximum atomic E-state index is 13.0. The highest BCUT2D eigenvalue weighted by molar-refractivity contribution is 7.86. The maximum absolute atomic E-state index is 13.0. The van der Waals surface area contributed by atoms with E-state index in [0.29, 0.717) is 34.9 Å². The summed E-state index contributed by atoms with van der Waals surface area (Å²) in [5, 5.41) is 0.858. The summed E-state index contributed by atoms with van der Waals surface area (Å²) in [4.78, 5) is 8.21. The minimum atomic E-state index is -4.68. The van der Waals surface area contributed by atoms with E-state index in [0.717, 1.165) is 34.4 Å². The molecule has 4 aromatic rings. The summed E-state index contributed by atoms with van der Waals surface area (Å²) < 4.78 is 34.9. The van der Waals surface area contributed by atoms with Crippen LogP contribution in [0.1, 0.15) is 22.4 Å². The first kappa shape index (κ1) is 25.9. The lowest BCUT2D eigenvalue weighted by molar-refractivity contribution is 0.552. The van der Waals surface area contributed by atoms with Gasteiger partial charge in [-0.15, -0.1) is 3.89 Å². The Hall–Kier alpha value is -3.20. The topological polar surface area (TPSA) is 112 Å². The molecule has 3 aromatic carbocycles. The van der Waals surface area contributed by atoms with Gasteiger partial charge in [-0.2, -0.15) is 13.4 Å². The van der Waals surface area contributed by atoms with E-state index >= 15 is 0 Å². The molecule has 0 fully saturated rings. The lowest BCUT2D eigenvalue weighted by atomic mass is 9.98. The Morgan fingerprint density at radius 3 is 1.78 bits per heavy atom. The smallest absolute Gasteiger partial charge is 0.332 e. The van der Waals surface area contributed by atoms with Gasteiger partial charge >= 0.3 is 10.2 Å². The van der Waals surface area contributed by atoms with Crippen molar-refractivity contribution in [3.63, 3.8) is 0 Å². The molecule has 1 heterocycles. The van der Waals surface area contributed by atoms with Gasteiger partial charge in [0.15, 0.2) is 0 Å². The van der Waals surface area contributed by atoms with Gasteiger partial charge in [-0.25, -0.2) is 4.98 Å². The molecule has 186 valence electrons. The van der Waals surface area contributed by atoms with Gasteiger partial charge in [-0.05, 0) is 72.2 Å². The molecule has 0 atom stereocenters. The lowest BCUT2D eigenvalue weighted by Crippen LogP contribution is -2.08. The van der Waals surface area contributed by atoms with Crippen LogP contribution in [0.25, 0.3) is 11.1 Å². The second-order valence-electron chi connectivity index (χ2n) is 8.32. The highest BCUT2D eigenvalue weighted by Gasteiger charge is 2.15. The van der Waals surface area contributed by atoms with Crippen LogP contribution in [0.4, 0.5) is 15.7 Å². The maximum Gasteiger partial charge on any atom is 0.332 e. The van der Waals surface area contributed by atoms with Gasteiger partial charge < -0.3 is 11.5 Å². The fraction of sp³-hybridized carbons (Fsp3) is 0.154. The number of benzene rings is 3. The van der Waals surface area contributed by atoms with Crippen molar-refractivity contribution >= 4 is 45.2 Å². The van der Waals surface area contributed by atoms with Crippen LogP contribution in [-0.2, 0) is 35.9 Å². The van der Waals surface area contributed by atoms with Crippen molar-refractivity contribution < 1.29 is 12.3 Å². The molecule has 0 spiro atoms. The molecule has 0 aliphatic rings. The monoisotopic (exact) mass is 544 g/mol. The van der Waals surface area contributed by atoms with Crippen molar-refractivity contribution in [3.8, 4) is 11.1 Å². The average Bonchev–Trinajstić information content (AvgIpc) is 2.83. The van der Waals surface area contributed by atoms with Crippen LogP contribution in [0.3, 0.4) is 0 Å². The van der Waals surface area contributed by atoms with Crippen LogP contribution < -0.4 is 11.5 Å². The van der Waals surface area contributed by atoms with E-state index in [-0.39, 0.29) is 16.7 Å². The molecule has 0 saturated carbocycles. The van der Waals surface area contributed by atoms with E-state index in [2.05, 4.69) is 34.2 Å². The Morgan fingerprint density at radius 1 is 0.722 bits per heavy atom. The van der Waals surface area contributed by atoms with Crippen LogP contribution in [-0.4, -0.2) is 18.4 Å². The molecule has 10 heteroatoms. The van der Waals surface area contributed by atoms with E-state index in [1.165, 1.54) is 12.1 Å². The first-order chi connectivity index (χ1) is 17.1. The largest absolute Gasteiger partial charge is 0.383 e. The van der Waals surface area contributed by atoms with Gasteiger partial charge in [0.2, 0.25) is 5.95 Å². The zero-order valence-corrected chi connectivity index (χ0v) is 21.4. The number of nitrogens with two attached hydrogens (primary N) is 2. The molecule has 0 amide bonds. The summed E-state index contributed by atoms with van der Waals surface area (Å²) >= 11 is 12.3. The van der Waals surface area contributed by atoms with Crippen molar-refractivity contribution in [1.29, 1.82) is 0 Å². The fourth-order valence-electron chi connectivity index (χ4n) is 3.94. The fourth-order valence-corrected chi connectivity index (χ4v) is 4.70. The predicted molar refractivity (Wildman–Crippen MR) is 142 cm³/mol. The summed E-state index contributed by atoms with van der Waals surface area (Å²) in [5.74, 6) is 0.391. The summed E-state index contributed by atoms with van der Waals surface area (Å²) in [7, 11) is -4.68. The van der Waals surface area contributed by atoms with E-state index in [1.54, 1.807) is 24.3 Å². The Kier molecular flexibility index (Phi) is 7.78. The molecule has 4 rings (SSSR count). The Balaban J connectivity index is 1.43. The van der Waals surface area contributed by atoms with Crippen LogP contribution >= 0.6 is 23.2 Å². The van der Waals surface area contributed by atoms with E-state index in [9.17, 15) is 12.3 Å². The second-order valence-corrected chi connectivity index (χ2v) is 10.5. The third-order valence-electron chi connectivity index (χ3n) is 5.82. The number of anilines is 2. The summed E-state index contributed by atoms with van der Waals surface area (Å²) in [6.07, 6.45) is 2.78. The number of aromatic nitrogens is 2. The summed E-state index contributed by atoms with van der Waals surface area (Å²) in [6.45, 7) is 0. The van der Waals surface area contributed by atoms with E-state index in [1.807, 2.05) is 6.07 Å². The molecule has 36 heavy (non-hydrogen) atoms. The molecular formula is C26H23Cl2FN4O2S. The molecule has 4 N–H and O–H groups in total. The molecule has 0 unspecified atom stereocenters. The second kappa shape index (κ2) is 10.8. The van der Waals surface area contributed by atoms with Crippen molar-refractivity contribution in [1.82, 2.24) is 9.97 Å². The zero-order chi connectivity index (χ0) is 25.9. The SMILES string of the molecule is Nc1nc(N)c(-c2ccc(Cl)c(Cl)c2)c(CCc2ccc(CCc3ccc(S(=O)(=O)F)cc3)cc2)n1. The highest BCUT2D eigenvalue weighted by Crippen LogP contribution is 2.33. The first-order valence-corrected chi connectivity index (χ1v) is 13.2. The minimum absolute atomic E-state index is 0.110.